The zero-order valence-electron chi connectivity index (χ0n) is 17.3. The number of aryl methyl sites for hydroxylation is 3. The van der Waals surface area contributed by atoms with Gasteiger partial charge < -0.3 is 5.32 Å². The monoisotopic (exact) mass is 444 g/mol. The van der Waals surface area contributed by atoms with Gasteiger partial charge in [-0.3, -0.25) is 9.36 Å². The van der Waals surface area contributed by atoms with Crippen LogP contribution in [0.1, 0.15) is 16.7 Å². The standard InChI is InChI=1S/C21H24N4O3S2/c1-14-9-15(2)11-18(10-14)25-8-7-23-21(25)29-13-20(26)24-17-6-5-16(3)19(12-17)30(27,28)22-4/h5-12,22H,13H2,1-4H3,(H,24,26). The van der Waals surface area contributed by atoms with E-state index in [1.54, 1.807) is 25.3 Å². The minimum absolute atomic E-state index is 0.140. The third-order valence-electron chi connectivity index (χ3n) is 4.45. The van der Waals surface area contributed by atoms with Gasteiger partial charge in [-0.05, 0) is 68.8 Å². The topological polar surface area (TPSA) is 93.1 Å². The molecule has 0 saturated carbocycles. The molecule has 3 rings (SSSR count). The number of aromatic nitrogens is 2. The molecule has 0 saturated heterocycles. The summed E-state index contributed by atoms with van der Waals surface area (Å²) >= 11 is 1.31. The lowest BCUT2D eigenvalue weighted by Gasteiger charge is -2.11. The number of thioether (sulfide) groups is 1. The molecule has 9 heteroatoms. The predicted molar refractivity (Wildman–Crippen MR) is 120 cm³/mol. The van der Waals surface area contributed by atoms with Gasteiger partial charge in [-0.15, -0.1) is 0 Å². The summed E-state index contributed by atoms with van der Waals surface area (Å²) in [6, 6.07) is 11.0. The number of hydrogen-bond donors (Lipinski definition) is 2. The fraction of sp³-hybridized carbons (Fsp3) is 0.238. The van der Waals surface area contributed by atoms with Crippen LogP contribution in [0.4, 0.5) is 5.69 Å². The number of sulfonamides is 1. The Morgan fingerprint density at radius 1 is 1.10 bits per heavy atom. The van der Waals surface area contributed by atoms with Gasteiger partial charge in [-0.2, -0.15) is 0 Å². The van der Waals surface area contributed by atoms with Gasteiger partial charge in [-0.1, -0.05) is 23.9 Å². The summed E-state index contributed by atoms with van der Waals surface area (Å²) in [7, 11) is -2.24. The first-order valence-corrected chi connectivity index (χ1v) is 11.8. The predicted octanol–water partition coefficient (Wildman–Crippen LogP) is 3.44. The van der Waals surface area contributed by atoms with E-state index in [-0.39, 0.29) is 16.6 Å². The maximum Gasteiger partial charge on any atom is 0.240 e. The summed E-state index contributed by atoms with van der Waals surface area (Å²) in [5, 5.41) is 3.46. The summed E-state index contributed by atoms with van der Waals surface area (Å²) in [5.41, 5.74) is 4.33. The Labute approximate surface area is 181 Å². The van der Waals surface area contributed by atoms with Crippen molar-refractivity contribution in [1.82, 2.24) is 14.3 Å². The smallest absolute Gasteiger partial charge is 0.240 e. The molecular formula is C21H24N4O3S2. The van der Waals surface area contributed by atoms with Gasteiger partial charge in [0.15, 0.2) is 5.16 Å². The molecule has 0 aliphatic carbocycles. The van der Waals surface area contributed by atoms with E-state index >= 15 is 0 Å². The molecule has 0 atom stereocenters. The van der Waals surface area contributed by atoms with Crippen LogP contribution in [0.5, 0.6) is 0 Å². The summed E-state index contributed by atoms with van der Waals surface area (Å²) < 4.78 is 28.5. The van der Waals surface area contributed by atoms with E-state index in [2.05, 4.69) is 33.2 Å². The SMILES string of the molecule is CNS(=O)(=O)c1cc(NC(=O)CSc2nccn2-c2cc(C)cc(C)c2)ccc1C. The minimum Gasteiger partial charge on any atom is -0.325 e. The number of benzene rings is 2. The van der Waals surface area contributed by atoms with E-state index in [1.165, 1.54) is 24.9 Å². The molecule has 7 nitrogen and oxygen atoms in total. The fourth-order valence-electron chi connectivity index (χ4n) is 3.09. The molecule has 0 bridgehead atoms. The molecule has 1 aromatic heterocycles. The fourth-order valence-corrected chi connectivity index (χ4v) is 4.85. The lowest BCUT2D eigenvalue weighted by atomic mass is 10.1. The highest BCUT2D eigenvalue weighted by Crippen LogP contribution is 2.23. The second kappa shape index (κ2) is 9.03. The van der Waals surface area contributed by atoms with Crippen molar-refractivity contribution in [3.63, 3.8) is 0 Å². The van der Waals surface area contributed by atoms with Crippen LogP contribution in [0.15, 0.2) is 58.8 Å². The number of anilines is 1. The van der Waals surface area contributed by atoms with Crippen molar-refractivity contribution in [2.75, 3.05) is 18.1 Å². The first-order valence-electron chi connectivity index (χ1n) is 9.28. The third-order valence-corrected chi connectivity index (χ3v) is 6.98. The molecule has 0 radical (unpaired) electrons. The molecular weight excluding hydrogens is 420 g/mol. The van der Waals surface area contributed by atoms with Gasteiger partial charge in [-0.25, -0.2) is 18.1 Å². The van der Waals surface area contributed by atoms with E-state index in [1.807, 2.05) is 24.6 Å². The van der Waals surface area contributed by atoms with Gasteiger partial charge >= 0.3 is 0 Å². The van der Waals surface area contributed by atoms with Crippen LogP contribution in [0.25, 0.3) is 5.69 Å². The highest BCUT2D eigenvalue weighted by molar-refractivity contribution is 7.99. The Hall–Kier alpha value is -2.62. The normalized spacial score (nSPS) is 11.5. The molecule has 1 heterocycles. The summed E-state index contributed by atoms with van der Waals surface area (Å²) in [4.78, 5) is 16.9. The highest BCUT2D eigenvalue weighted by Gasteiger charge is 2.16. The van der Waals surface area contributed by atoms with Crippen LogP contribution >= 0.6 is 11.8 Å². The molecule has 2 N–H and O–H groups in total. The first-order chi connectivity index (χ1) is 14.2. The quantitative estimate of drug-likeness (QED) is 0.545. The van der Waals surface area contributed by atoms with Gasteiger partial charge in [0.1, 0.15) is 0 Å². The number of hydrogen-bond acceptors (Lipinski definition) is 5. The molecule has 0 aliphatic heterocycles. The second-order valence-electron chi connectivity index (χ2n) is 6.95. The van der Waals surface area contributed by atoms with E-state index in [9.17, 15) is 13.2 Å². The van der Waals surface area contributed by atoms with Crippen LogP contribution < -0.4 is 10.0 Å². The van der Waals surface area contributed by atoms with Crippen molar-refractivity contribution in [2.24, 2.45) is 0 Å². The van der Waals surface area contributed by atoms with Crippen molar-refractivity contribution < 1.29 is 13.2 Å². The van der Waals surface area contributed by atoms with E-state index in [0.29, 0.717) is 16.4 Å². The largest absolute Gasteiger partial charge is 0.325 e. The molecule has 0 unspecified atom stereocenters. The van der Waals surface area contributed by atoms with Crippen LogP contribution in [-0.2, 0) is 14.8 Å². The lowest BCUT2D eigenvalue weighted by Crippen LogP contribution is -2.20. The number of nitrogens with one attached hydrogen (secondary N) is 2. The minimum atomic E-state index is -3.60. The molecule has 158 valence electrons. The van der Waals surface area contributed by atoms with Crippen LogP contribution in [0.2, 0.25) is 0 Å². The number of carbonyl (C=O) groups is 1. The summed E-state index contributed by atoms with van der Waals surface area (Å²) in [6.07, 6.45) is 3.57. The molecule has 0 spiro atoms. The molecule has 0 aliphatic rings. The number of amides is 1. The molecule has 3 aromatic rings. The Kier molecular flexibility index (Phi) is 6.64. The van der Waals surface area contributed by atoms with Crippen LogP contribution in [0.3, 0.4) is 0 Å². The average molecular weight is 445 g/mol. The van der Waals surface area contributed by atoms with Gasteiger partial charge in [0.05, 0.1) is 10.6 Å². The zero-order chi connectivity index (χ0) is 21.9. The Bertz CT molecular complexity index is 1170. The van der Waals surface area contributed by atoms with Gasteiger partial charge in [0.25, 0.3) is 0 Å². The number of imidazole rings is 1. The maximum atomic E-state index is 12.4. The molecule has 2 aromatic carbocycles. The first kappa shape index (κ1) is 22.1. The number of carbonyl (C=O) groups excluding carboxylic acids is 1. The Morgan fingerprint density at radius 2 is 1.80 bits per heavy atom. The van der Waals surface area contributed by atoms with Crippen molar-refractivity contribution in [2.45, 2.75) is 30.8 Å². The van der Waals surface area contributed by atoms with Crippen LogP contribution in [0, 0.1) is 20.8 Å². The van der Waals surface area contributed by atoms with Crippen molar-refractivity contribution in [3.8, 4) is 5.69 Å². The Morgan fingerprint density at radius 3 is 2.47 bits per heavy atom. The summed E-state index contributed by atoms with van der Waals surface area (Å²) in [6.45, 7) is 5.79. The van der Waals surface area contributed by atoms with Gasteiger partial charge in [0, 0.05) is 23.8 Å². The maximum absolute atomic E-state index is 12.4. The lowest BCUT2D eigenvalue weighted by molar-refractivity contribution is -0.113. The van der Waals surface area contributed by atoms with E-state index in [0.717, 1.165) is 16.8 Å². The molecule has 30 heavy (non-hydrogen) atoms. The molecule has 1 amide bonds. The summed E-state index contributed by atoms with van der Waals surface area (Å²) in [5.74, 6) is -0.101. The zero-order valence-corrected chi connectivity index (χ0v) is 18.9. The van der Waals surface area contributed by atoms with Crippen molar-refractivity contribution in [1.29, 1.82) is 0 Å². The second-order valence-corrected chi connectivity index (χ2v) is 9.75. The number of nitrogens with zero attached hydrogens (tertiary/aromatic N) is 2. The van der Waals surface area contributed by atoms with Gasteiger partial charge in [0.2, 0.25) is 15.9 Å². The van der Waals surface area contributed by atoms with Crippen LogP contribution in [-0.4, -0.2) is 36.7 Å². The van der Waals surface area contributed by atoms with E-state index < -0.39 is 10.0 Å². The van der Waals surface area contributed by atoms with E-state index in [4.69, 9.17) is 0 Å². The van der Waals surface area contributed by atoms with Crippen molar-refractivity contribution in [3.05, 3.63) is 65.5 Å². The third kappa shape index (κ3) is 5.10. The Balaban J connectivity index is 1.71. The van der Waals surface area contributed by atoms with Crippen molar-refractivity contribution >= 4 is 33.4 Å². The number of rotatable bonds is 7. The highest BCUT2D eigenvalue weighted by atomic mass is 32.2. The molecule has 0 fully saturated rings. The average Bonchev–Trinajstić information content (AvgIpc) is 3.16.